The molecule has 4 rings (SSSR count). The summed E-state index contributed by atoms with van der Waals surface area (Å²) < 4.78 is 13.0. The second kappa shape index (κ2) is 7.01. The van der Waals surface area contributed by atoms with Gasteiger partial charge in [0.15, 0.2) is 0 Å². The lowest BCUT2D eigenvalue weighted by molar-refractivity contribution is 0.272. The smallest absolute Gasteiger partial charge is 0.336 e. The Morgan fingerprint density at radius 1 is 1.23 bits per heavy atom. The van der Waals surface area contributed by atoms with Gasteiger partial charge >= 0.3 is 5.63 Å². The zero-order chi connectivity index (χ0) is 17.9. The molecule has 0 aliphatic carbocycles. The van der Waals surface area contributed by atoms with Gasteiger partial charge in [0.2, 0.25) is 0 Å². The van der Waals surface area contributed by atoms with Gasteiger partial charge < -0.3 is 18.9 Å². The number of hydrogen-bond donors (Lipinski definition) is 1. The number of aromatic nitrogens is 2. The van der Waals surface area contributed by atoms with E-state index in [1.807, 2.05) is 47.1 Å². The maximum absolute atomic E-state index is 11.3. The van der Waals surface area contributed by atoms with Gasteiger partial charge in [-0.2, -0.15) is 0 Å². The van der Waals surface area contributed by atoms with Gasteiger partial charge in [0.25, 0.3) is 0 Å². The predicted octanol–water partition coefficient (Wildman–Crippen LogP) is 3.00. The summed E-state index contributed by atoms with van der Waals surface area (Å²) in [5.74, 6) is 0.674. The van der Waals surface area contributed by atoms with Gasteiger partial charge in [-0.15, -0.1) is 0 Å². The van der Waals surface area contributed by atoms with E-state index in [9.17, 15) is 4.79 Å². The highest BCUT2D eigenvalue weighted by Crippen LogP contribution is 2.19. The van der Waals surface area contributed by atoms with Crippen LogP contribution in [0.25, 0.3) is 16.6 Å². The molecule has 3 heterocycles. The van der Waals surface area contributed by atoms with Crippen molar-refractivity contribution in [1.29, 1.82) is 0 Å². The molecule has 0 radical (unpaired) electrons. The summed E-state index contributed by atoms with van der Waals surface area (Å²) >= 11 is 0. The summed E-state index contributed by atoms with van der Waals surface area (Å²) in [7, 11) is 0. The third-order valence-electron chi connectivity index (χ3n) is 4.14. The summed E-state index contributed by atoms with van der Waals surface area (Å²) in [5, 5.41) is 4.27. The molecular formula is C20H19N3O3. The Morgan fingerprint density at radius 2 is 2.12 bits per heavy atom. The second-order valence-corrected chi connectivity index (χ2v) is 6.25. The molecule has 0 saturated heterocycles. The summed E-state index contributed by atoms with van der Waals surface area (Å²) in [5.41, 5.74) is 2.08. The normalized spacial score (nSPS) is 12.5. The molecular weight excluding hydrogens is 330 g/mol. The Kier molecular flexibility index (Phi) is 4.41. The fraction of sp³-hybridized carbons (Fsp3) is 0.200. The molecule has 4 aromatic rings. The Bertz CT molecular complexity index is 1070. The van der Waals surface area contributed by atoms with E-state index in [0.29, 0.717) is 24.5 Å². The Hall–Kier alpha value is -3.12. The van der Waals surface area contributed by atoms with Crippen LogP contribution in [0.3, 0.4) is 0 Å². The van der Waals surface area contributed by atoms with E-state index in [1.54, 1.807) is 12.1 Å². The molecule has 1 atom stereocenters. The third kappa shape index (κ3) is 3.60. The highest BCUT2D eigenvalue weighted by Gasteiger charge is 2.07. The molecule has 1 N–H and O–H groups in total. The van der Waals surface area contributed by atoms with Crippen LogP contribution in [0.2, 0.25) is 0 Å². The van der Waals surface area contributed by atoms with Crippen LogP contribution in [0.5, 0.6) is 5.75 Å². The monoisotopic (exact) mass is 349 g/mol. The van der Waals surface area contributed by atoms with E-state index in [2.05, 4.69) is 17.2 Å². The van der Waals surface area contributed by atoms with E-state index >= 15 is 0 Å². The van der Waals surface area contributed by atoms with Gasteiger partial charge in [-0.25, -0.2) is 9.78 Å². The molecule has 0 saturated carbocycles. The van der Waals surface area contributed by atoms with Gasteiger partial charge in [0.05, 0.1) is 5.69 Å². The van der Waals surface area contributed by atoms with Crippen molar-refractivity contribution in [3.63, 3.8) is 0 Å². The summed E-state index contributed by atoms with van der Waals surface area (Å²) in [6.07, 6.45) is 4.00. The van der Waals surface area contributed by atoms with E-state index in [4.69, 9.17) is 9.15 Å². The zero-order valence-electron chi connectivity index (χ0n) is 14.4. The lowest BCUT2D eigenvalue weighted by atomic mass is 10.2. The van der Waals surface area contributed by atoms with Crippen LogP contribution in [0.4, 0.5) is 0 Å². The van der Waals surface area contributed by atoms with Crippen molar-refractivity contribution >= 4 is 16.6 Å². The summed E-state index contributed by atoms with van der Waals surface area (Å²) in [6, 6.07) is 14.7. The minimum atomic E-state index is -0.364. The average molecular weight is 349 g/mol. The molecule has 6 heteroatoms. The van der Waals surface area contributed by atoms with Gasteiger partial charge in [-0.1, -0.05) is 6.07 Å². The average Bonchev–Trinajstić information content (AvgIpc) is 3.07. The lowest BCUT2D eigenvalue weighted by Crippen LogP contribution is -2.31. The Morgan fingerprint density at radius 3 is 3.00 bits per heavy atom. The number of rotatable bonds is 6. The molecule has 0 spiro atoms. The van der Waals surface area contributed by atoms with E-state index in [-0.39, 0.29) is 11.7 Å². The number of nitrogens with one attached hydrogen (secondary N) is 1. The van der Waals surface area contributed by atoms with Gasteiger partial charge in [-0.3, -0.25) is 0 Å². The van der Waals surface area contributed by atoms with Gasteiger partial charge in [0.1, 0.15) is 23.6 Å². The highest BCUT2D eigenvalue weighted by atomic mass is 16.5. The first-order valence-corrected chi connectivity index (χ1v) is 8.50. The highest BCUT2D eigenvalue weighted by molar-refractivity contribution is 5.77. The largest absolute Gasteiger partial charge is 0.492 e. The first-order chi connectivity index (χ1) is 12.7. The quantitative estimate of drug-likeness (QED) is 0.542. The molecule has 1 aromatic carbocycles. The lowest BCUT2D eigenvalue weighted by Gasteiger charge is -2.14. The molecule has 0 fully saturated rings. The molecule has 3 aromatic heterocycles. The summed E-state index contributed by atoms with van der Waals surface area (Å²) in [6.45, 7) is 3.21. The minimum absolute atomic E-state index is 0.137. The molecule has 0 bridgehead atoms. The first kappa shape index (κ1) is 16.4. The number of pyridine rings is 1. The molecule has 0 aliphatic heterocycles. The van der Waals surface area contributed by atoms with Crippen LogP contribution >= 0.6 is 0 Å². The van der Waals surface area contributed by atoms with E-state index in [0.717, 1.165) is 16.7 Å². The SMILES string of the molecule is C[C@H](COc1ccc2ccc(=O)oc2c1)NCc1cn2ccccc2n1. The van der Waals surface area contributed by atoms with Gasteiger partial charge in [-0.05, 0) is 37.3 Å². The van der Waals surface area contributed by atoms with E-state index < -0.39 is 0 Å². The molecule has 132 valence electrons. The molecule has 6 nitrogen and oxygen atoms in total. The van der Waals surface area contributed by atoms with Crippen molar-refractivity contribution < 1.29 is 9.15 Å². The number of benzene rings is 1. The van der Waals surface area contributed by atoms with Crippen molar-refractivity contribution in [1.82, 2.24) is 14.7 Å². The topological polar surface area (TPSA) is 68.8 Å². The van der Waals surface area contributed by atoms with Crippen LogP contribution in [0.1, 0.15) is 12.6 Å². The fourth-order valence-electron chi connectivity index (χ4n) is 2.76. The standard InChI is InChI=1S/C20H19N3O3/c1-14(21-11-16-12-23-9-3-2-4-19(23)22-16)13-25-17-7-5-15-6-8-20(24)26-18(15)10-17/h2-10,12,14,21H,11,13H2,1H3/t14-/m1/s1. The number of imidazole rings is 1. The number of fused-ring (bicyclic) bond motifs is 2. The Labute approximate surface area is 150 Å². The Balaban J connectivity index is 1.34. The molecule has 0 aliphatic rings. The van der Waals surface area contributed by atoms with Crippen LogP contribution in [-0.2, 0) is 6.54 Å². The van der Waals surface area contributed by atoms with Crippen molar-refractivity contribution in [2.45, 2.75) is 19.5 Å². The number of hydrogen-bond acceptors (Lipinski definition) is 5. The minimum Gasteiger partial charge on any atom is -0.492 e. The van der Waals surface area contributed by atoms with Crippen molar-refractivity contribution in [3.05, 3.63) is 77.0 Å². The number of nitrogens with zero attached hydrogens (tertiary/aromatic N) is 2. The second-order valence-electron chi connectivity index (χ2n) is 6.25. The molecule has 26 heavy (non-hydrogen) atoms. The maximum atomic E-state index is 11.3. The predicted molar refractivity (Wildman–Crippen MR) is 99.5 cm³/mol. The maximum Gasteiger partial charge on any atom is 0.336 e. The third-order valence-corrected chi connectivity index (χ3v) is 4.14. The zero-order valence-corrected chi connectivity index (χ0v) is 14.4. The fourth-order valence-corrected chi connectivity index (χ4v) is 2.76. The van der Waals surface area contributed by atoms with E-state index in [1.165, 1.54) is 6.07 Å². The first-order valence-electron chi connectivity index (χ1n) is 8.50. The van der Waals surface area contributed by atoms with Crippen molar-refractivity contribution in [3.8, 4) is 5.75 Å². The van der Waals surface area contributed by atoms with Crippen LogP contribution < -0.4 is 15.7 Å². The molecule has 0 amide bonds. The summed E-state index contributed by atoms with van der Waals surface area (Å²) in [4.78, 5) is 15.9. The number of ether oxygens (including phenoxy) is 1. The van der Waals surface area contributed by atoms with Gasteiger partial charge in [0, 0.05) is 42.5 Å². The van der Waals surface area contributed by atoms with Crippen LogP contribution in [-0.4, -0.2) is 22.0 Å². The van der Waals surface area contributed by atoms with Crippen molar-refractivity contribution in [2.75, 3.05) is 6.61 Å². The van der Waals surface area contributed by atoms with Crippen LogP contribution in [0.15, 0.2) is 70.1 Å². The van der Waals surface area contributed by atoms with Crippen molar-refractivity contribution in [2.24, 2.45) is 0 Å². The van der Waals surface area contributed by atoms with Crippen LogP contribution in [0, 0.1) is 0 Å². The molecule has 0 unspecified atom stereocenters.